The molecule has 0 saturated carbocycles. The second-order valence-corrected chi connectivity index (χ2v) is 4.32. The summed E-state index contributed by atoms with van der Waals surface area (Å²) >= 11 is 6.34. The fourth-order valence-corrected chi connectivity index (χ4v) is 1.49. The Balaban J connectivity index is 2.63. The Bertz CT molecular complexity index is 381. The van der Waals surface area contributed by atoms with Gasteiger partial charge in [0.25, 0.3) is 5.56 Å². The molecule has 0 fully saturated rings. The minimum atomic E-state index is -0.211. The molecule has 1 N–H and O–H groups in total. The van der Waals surface area contributed by atoms with Gasteiger partial charge in [0.1, 0.15) is 4.47 Å². The van der Waals surface area contributed by atoms with Gasteiger partial charge in [-0.15, -0.1) is 0 Å². The molecule has 0 atom stereocenters. The highest BCUT2D eigenvalue weighted by molar-refractivity contribution is 9.13. The van der Waals surface area contributed by atoms with Gasteiger partial charge in [0.15, 0.2) is 0 Å². The first-order valence-corrected chi connectivity index (χ1v) is 5.85. The number of nitrogens with zero attached hydrogens (tertiary/aromatic N) is 2. The largest absolute Gasteiger partial charge is 0.394 e. The van der Waals surface area contributed by atoms with Gasteiger partial charge in [-0.2, -0.15) is 5.10 Å². The molecule has 5 nitrogen and oxygen atoms in total. The van der Waals surface area contributed by atoms with Crippen LogP contribution in [0.2, 0.25) is 0 Å². The highest BCUT2D eigenvalue weighted by atomic mass is 79.9. The number of halogens is 2. The Hall–Kier alpha value is -0.240. The van der Waals surface area contributed by atoms with Crippen LogP contribution >= 0.6 is 31.9 Å². The summed E-state index contributed by atoms with van der Waals surface area (Å²) in [6, 6.07) is 0. The molecule has 1 rings (SSSR count). The fraction of sp³-hybridized carbons (Fsp3) is 0.500. The highest BCUT2D eigenvalue weighted by Gasteiger charge is 2.05. The van der Waals surface area contributed by atoms with Gasteiger partial charge in [-0.05, 0) is 31.9 Å². The van der Waals surface area contributed by atoms with Crippen molar-refractivity contribution >= 4 is 31.9 Å². The van der Waals surface area contributed by atoms with Crippen LogP contribution in [-0.2, 0) is 11.3 Å². The maximum Gasteiger partial charge on any atom is 0.282 e. The van der Waals surface area contributed by atoms with E-state index in [1.54, 1.807) is 0 Å². The van der Waals surface area contributed by atoms with Crippen molar-refractivity contribution in [2.45, 2.75) is 6.54 Å². The number of ether oxygens (including phenoxy) is 1. The van der Waals surface area contributed by atoms with Crippen LogP contribution in [0.15, 0.2) is 19.9 Å². The van der Waals surface area contributed by atoms with E-state index in [9.17, 15) is 4.79 Å². The lowest BCUT2D eigenvalue weighted by Crippen LogP contribution is -2.25. The SMILES string of the molecule is O=c1c(Br)c(Br)cnn1CCOCCO. The van der Waals surface area contributed by atoms with Crippen LogP contribution in [0, 0.1) is 0 Å². The summed E-state index contributed by atoms with van der Waals surface area (Å²) in [5.41, 5.74) is -0.211. The van der Waals surface area contributed by atoms with E-state index >= 15 is 0 Å². The number of hydrogen-bond acceptors (Lipinski definition) is 4. The molecule has 0 aliphatic heterocycles. The molecule has 0 aliphatic rings. The topological polar surface area (TPSA) is 64.4 Å². The highest BCUT2D eigenvalue weighted by Crippen LogP contribution is 2.16. The quantitative estimate of drug-likeness (QED) is 0.804. The third kappa shape index (κ3) is 3.67. The van der Waals surface area contributed by atoms with Gasteiger partial charge in [0.2, 0.25) is 0 Å². The van der Waals surface area contributed by atoms with Crippen molar-refractivity contribution in [3.05, 3.63) is 25.5 Å². The Kier molecular flexibility index (Phi) is 5.44. The number of aliphatic hydroxyl groups excluding tert-OH is 1. The average Bonchev–Trinajstić information content (AvgIpc) is 2.24. The minimum absolute atomic E-state index is 0.0215. The van der Waals surface area contributed by atoms with Crippen molar-refractivity contribution in [2.75, 3.05) is 19.8 Å². The van der Waals surface area contributed by atoms with Crippen molar-refractivity contribution in [2.24, 2.45) is 0 Å². The van der Waals surface area contributed by atoms with Gasteiger partial charge in [-0.25, -0.2) is 4.68 Å². The Morgan fingerprint density at radius 1 is 1.47 bits per heavy atom. The predicted octanol–water partition coefficient (Wildman–Crippen LogP) is 0.777. The molecule has 84 valence electrons. The molecule has 1 heterocycles. The molecular formula is C8H10Br2N2O3. The zero-order chi connectivity index (χ0) is 11.3. The summed E-state index contributed by atoms with van der Waals surface area (Å²) in [5, 5.41) is 12.4. The third-order valence-corrected chi connectivity index (χ3v) is 3.53. The van der Waals surface area contributed by atoms with Crippen LogP contribution in [0.1, 0.15) is 0 Å². The van der Waals surface area contributed by atoms with Crippen molar-refractivity contribution in [3.63, 3.8) is 0 Å². The molecule has 0 radical (unpaired) electrons. The molecule has 1 aromatic heterocycles. The molecule has 0 amide bonds. The van der Waals surface area contributed by atoms with E-state index in [4.69, 9.17) is 9.84 Å². The van der Waals surface area contributed by atoms with Crippen LogP contribution in [0.4, 0.5) is 0 Å². The molecule has 7 heteroatoms. The lowest BCUT2D eigenvalue weighted by Gasteiger charge is -2.05. The van der Waals surface area contributed by atoms with E-state index in [0.717, 1.165) is 0 Å². The van der Waals surface area contributed by atoms with Gasteiger partial charge < -0.3 is 9.84 Å². The van der Waals surface area contributed by atoms with Gasteiger partial charge in [-0.3, -0.25) is 4.79 Å². The standard InChI is InChI=1S/C8H10Br2N2O3/c9-6-5-11-12(8(14)7(6)10)1-3-15-4-2-13/h5,13H,1-4H2. The molecule has 15 heavy (non-hydrogen) atoms. The monoisotopic (exact) mass is 340 g/mol. The van der Waals surface area contributed by atoms with Crippen LogP contribution in [0.25, 0.3) is 0 Å². The number of aliphatic hydroxyl groups is 1. The summed E-state index contributed by atoms with van der Waals surface area (Å²) in [6.07, 6.45) is 1.54. The van der Waals surface area contributed by atoms with Crippen LogP contribution < -0.4 is 5.56 Å². The first kappa shape index (κ1) is 12.8. The summed E-state index contributed by atoms with van der Waals surface area (Å²) < 4.78 is 7.40. The molecule has 1 aromatic rings. The third-order valence-electron chi connectivity index (χ3n) is 1.63. The Morgan fingerprint density at radius 2 is 2.20 bits per heavy atom. The van der Waals surface area contributed by atoms with E-state index < -0.39 is 0 Å². The van der Waals surface area contributed by atoms with Crippen molar-refractivity contribution < 1.29 is 9.84 Å². The van der Waals surface area contributed by atoms with Gasteiger partial charge in [0.05, 0.1) is 37.0 Å². The predicted molar refractivity (Wildman–Crippen MR) is 61.8 cm³/mol. The number of rotatable bonds is 5. The zero-order valence-corrected chi connectivity index (χ0v) is 11.0. The Morgan fingerprint density at radius 3 is 2.87 bits per heavy atom. The molecular weight excluding hydrogens is 332 g/mol. The van der Waals surface area contributed by atoms with E-state index in [2.05, 4.69) is 37.0 Å². The average molecular weight is 342 g/mol. The van der Waals surface area contributed by atoms with Gasteiger partial charge in [0, 0.05) is 0 Å². The van der Waals surface area contributed by atoms with E-state index in [1.165, 1.54) is 10.9 Å². The van der Waals surface area contributed by atoms with E-state index in [0.29, 0.717) is 22.1 Å². The molecule has 0 aromatic carbocycles. The van der Waals surface area contributed by atoms with E-state index in [-0.39, 0.29) is 18.8 Å². The summed E-state index contributed by atoms with van der Waals surface area (Å²) in [5.74, 6) is 0. The zero-order valence-electron chi connectivity index (χ0n) is 7.82. The summed E-state index contributed by atoms with van der Waals surface area (Å²) in [4.78, 5) is 11.6. The van der Waals surface area contributed by atoms with E-state index in [1.807, 2.05) is 0 Å². The minimum Gasteiger partial charge on any atom is -0.394 e. The fourth-order valence-electron chi connectivity index (χ4n) is 0.922. The van der Waals surface area contributed by atoms with Crippen molar-refractivity contribution in [1.29, 1.82) is 0 Å². The summed E-state index contributed by atoms with van der Waals surface area (Å²) in [7, 11) is 0. The maximum absolute atomic E-state index is 11.6. The van der Waals surface area contributed by atoms with Gasteiger partial charge in [-0.1, -0.05) is 0 Å². The Labute approximate surface area is 103 Å². The second-order valence-electron chi connectivity index (χ2n) is 2.67. The lowest BCUT2D eigenvalue weighted by atomic mass is 10.5. The lowest BCUT2D eigenvalue weighted by molar-refractivity contribution is 0.0846. The first-order valence-electron chi connectivity index (χ1n) is 4.26. The number of aromatic nitrogens is 2. The first-order chi connectivity index (χ1) is 7.16. The molecule has 0 bridgehead atoms. The molecule has 0 unspecified atom stereocenters. The molecule has 0 saturated heterocycles. The molecule has 0 aliphatic carbocycles. The number of hydrogen-bond donors (Lipinski definition) is 1. The van der Waals surface area contributed by atoms with Crippen LogP contribution in [-0.4, -0.2) is 34.7 Å². The van der Waals surface area contributed by atoms with Crippen molar-refractivity contribution in [3.8, 4) is 0 Å². The maximum atomic E-state index is 11.6. The smallest absolute Gasteiger partial charge is 0.282 e. The summed E-state index contributed by atoms with van der Waals surface area (Å²) in [6.45, 7) is 0.963. The van der Waals surface area contributed by atoms with Gasteiger partial charge >= 0.3 is 0 Å². The second kappa shape index (κ2) is 6.37. The van der Waals surface area contributed by atoms with Crippen LogP contribution in [0.5, 0.6) is 0 Å². The molecule has 0 spiro atoms. The van der Waals surface area contributed by atoms with Crippen LogP contribution in [0.3, 0.4) is 0 Å². The van der Waals surface area contributed by atoms with Crippen molar-refractivity contribution in [1.82, 2.24) is 9.78 Å². The normalized spacial score (nSPS) is 10.6.